The van der Waals surface area contributed by atoms with Crippen molar-refractivity contribution in [3.8, 4) is 5.69 Å². The Labute approximate surface area is 147 Å². The van der Waals surface area contributed by atoms with Gasteiger partial charge >= 0.3 is 0 Å². The van der Waals surface area contributed by atoms with Crippen molar-refractivity contribution in [2.45, 2.75) is 50.7 Å². The fourth-order valence-electron chi connectivity index (χ4n) is 3.23. The number of hydrogen-bond acceptors (Lipinski definition) is 4. The van der Waals surface area contributed by atoms with Crippen LogP contribution in [0, 0.1) is 12.8 Å². The maximum atomic E-state index is 12.3. The summed E-state index contributed by atoms with van der Waals surface area (Å²) in [6.45, 7) is 4.28. The largest absolute Gasteiger partial charge is 0.352 e. The van der Waals surface area contributed by atoms with Gasteiger partial charge in [-0.25, -0.2) is 0 Å². The summed E-state index contributed by atoms with van der Waals surface area (Å²) in [4.78, 5) is 12.3. The number of rotatable bonds is 5. The van der Waals surface area contributed by atoms with Crippen LogP contribution in [0.15, 0.2) is 35.7 Å². The molecule has 1 aliphatic rings. The van der Waals surface area contributed by atoms with Crippen LogP contribution in [0.3, 0.4) is 0 Å². The highest BCUT2D eigenvalue weighted by Crippen LogP contribution is 2.25. The quantitative estimate of drug-likeness (QED) is 0.845. The third-order valence-corrected chi connectivity index (χ3v) is 5.62. The van der Waals surface area contributed by atoms with Crippen molar-refractivity contribution < 1.29 is 4.79 Å². The molecule has 2 atom stereocenters. The Morgan fingerprint density at radius 2 is 2.12 bits per heavy atom. The van der Waals surface area contributed by atoms with Crippen LogP contribution in [0.4, 0.5) is 0 Å². The Bertz CT molecular complexity index is 700. The minimum atomic E-state index is 0.0816. The van der Waals surface area contributed by atoms with E-state index in [1.807, 2.05) is 22.8 Å². The first kappa shape index (κ1) is 17.0. The van der Waals surface area contributed by atoms with Crippen LogP contribution in [-0.2, 0) is 4.79 Å². The molecular weight excluding hydrogens is 320 g/mol. The number of carbonyl (C=O) groups excluding carboxylic acids is 1. The van der Waals surface area contributed by atoms with Gasteiger partial charge in [-0.1, -0.05) is 49.7 Å². The first-order valence-electron chi connectivity index (χ1n) is 8.53. The van der Waals surface area contributed by atoms with E-state index in [0.717, 1.165) is 22.8 Å². The van der Waals surface area contributed by atoms with E-state index in [2.05, 4.69) is 35.4 Å². The van der Waals surface area contributed by atoms with Gasteiger partial charge in [-0.3, -0.25) is 9.36 Å². The second-order valence-corrected chi connectivity index (χ2v) is 7.44. The molecule has 1 heterocycles. The molecule has 5 nitrogen and oxygen atoms in total. The Balaban J connectivity index is 1.60. The van der Waals surface area contributed by atoms with Crippen molar-refractivity contribution >= 4 is 17.7 Å². The van der Waals surface area contributed by atoms with Crippen molar-refractivity contribution in [3.05, 3.63) is 36.2 Å². The molecule has 0 bridgehead atoms. The lowest BCUT2D eigenvalue weighted by Gasteiger charge is -2.29. The van der Waals surface area contributed by atoms with Gasteiger partial charge in [0.2, 0.25) is 5.91 Å². The summed E-state index contributed by atoms with van der Waals surface area (Å²) in [6, 6.07) is 8.41. The van der Waals surface area contributed by atoms with Crippen LogP contribution in [0.5, 0.6) is 0 Å². The Morgan fingerprint density at radius 1 is 1.33 bits per heavy atom. The van der Waals surface area contributed by atoms with Crippen molar-refractivity contribution in [1.82, 2.24) is 20.1 Å². The number of hydrogen-bond donors (Lipinski definition) is 1. The van der Waals surface area contributed by atoms with E-state index in [1.165, 1.54) is 31.0 Å². The molecular formula is C18H24N4OS. The number of benzene rings is 1. The van der Waals surface area contributed by atoms with Gasteiger partial charge in [0.15, 0.2) is 5.16 Å². The van der Waals surface area contributed by atoms with Crippen LogP contribution < -0.4 is 5.32 Å². The Hall–Kier alpha value is -1.82. The summed E-state index contributed by atoms with van der Waals surface area (Å²) >= 11 is 1.43. The number of aromatic nitrogens is 3. The van der Waals surface area contributed by atoms with Crippen LogP contribution in [0.2, 0.25) is 0 Å². The lowest BCUT2D eigenvalue weighted by molar-refractivity contribution is -0.119. The van der Waals surface area contributed by atoms with Crippen molar-refractivity contribution in [2.24, 2.45) is 5.92 Å². The number of para-hydroxylation sites is 1. The number of nitrogens with one attached hydrogen (secondary N) is 1. The van der Waals surface area contributed by atoms with E-state index < -0.39 is 0 Å². The molecule has 0 unspecified atom stereocenters. The first-order valence-corrected chi connectivity index (χ1v) is 9.52. The summed E-state index contributed by atoms with van der Waals surface area (Å²) < 4.78 is 1.94. The van der Waals surface area contributed by atoms with Gasteiger partial charge < -0.3 is 5.32 Å². The third-order valence-electron chi connectivity index (χ3n) is 4.68. The van der Waals surface area contributed by atoms with Crippen LogP contribution >= 0.6 is 11.8 Å². The molecule has 3 rings (SSSR count). The second-order valence-electron chi connectivity index (χ2n) is 6.49. The van der Waals surface area contributed by atoms with E-state index in [9.17, 15) is 4.79 Å². The molecule has 0 spiro atoms. The maximum Gasteiger partial charge on any atom is 0.230 e. The lowest BCUT2D eigenvalue weighted by atomic mass is 9.86. The van der Waals surface area contributed by atoms with Gasteiger partial charge in [-0.15, -0.1) is 10.2 Å². The van der Waals surface area contributed by atoms with Gasteiger partial charge in [0.1, 0.15) is 6.33 Å². The van der Waals surface area contributed by atoms with Gasteiger partial charge in [-0.2, -0.15) is 0 Å². The summed E-state index contributed by atoms with van der Waals surface area (Å²) in [5, 5.41) is 12.1. The molecule has 6 heteroatoms. The highest BCUT2D eigenvalue weighted by molar-refractivity contribution is 7.99. The number of carbonyl (C=O) groups is 1. The van der Waals surface area contributed by atoms with Gasteiger partial charge in [0, 0.05) is 6.04 Å². The minimum Gasteiger partial charge on any atom is -0.352 e. The smallest absolute Gasteiger partial charge is 0.230 e. The van der Waals surface area contributed by atoms with E-state index >= 15 is 0 Å². The van der Waals surface area contributed by atoms with Gasteiger partial charge in [0.25, 0.3) is 0 Å². The number of thioether (sulfide) groups is 1. The number of aryl methyl sites for hydroxylation is 1. The van der Waals surface area contributed by atoms with Crippen molar-refractivity contribution in [3.63, 3.8) is 0 Å². The Kier molecular flexibility index (Phi) is 5.56. The topological polar surface area (TPSA) is 59.8 Å². The van der Waals surface area contributed by atoms with E-state index in [4.69, 9.17) is 0 Å². The Morgan fingerprint density at radius 3 is 2.92 bits per heavy atom. The molecule has 1 fully saturated rings. The molecule has 1 amide bonds. The molecule has 128 valence electrons. The van der Waals surface area contributed by atoms with E-state index in [0.29, 0.717) is 17.7 Å². The minimum absolute atomic E-state index is 0.0816. The zero-order valence-electron chi connectivity index (χ0n) is 14.2. The van der Waals surface area contributed by atoms with Crippen LogP contribution in [0.1, 0.15) is 38.2 Å². The summed E-state index contributed by atoms with van der Waals surface area (Å²) in [7, 11) is 0. The standard InChI is InChI=1S/C18H24N4OS/c1-13-7-3-5-9-15(13)20-17(23)11-24-18-21-19-12-22(18)16-10-6-4-8-14(16)2/h4,6,8,10,12-13,15H,3,5,7,9,11H2,1-2H3,(H,20,23)/t13-,15+/m1/s1. The maximum absolute atomic E-state index is 12.3. The van der Waals surface area contributed by atoms with Gasteiger partial charge in [-0.05, 0) is 37.3 Å². The average Bonchev–Trinajstić information content (AvgIpc) is 3.04. The lowest BCUT2D eigenvalue weighted by Crippen LogP contribution is -2.41. The monoisotopic (exact) mass is 344 g/mol. The molecule has 0 radical (unpaired) electrons. The van der Waals surface area contributed by atoms with Crippen LogP contribution in [-0.4, -0.2) is 32.5 Å². The second kappa shape index (κ2) is 7.83. The molecule has 1 aromatic heterocycles. The summed E-state index contributed by atoms with van der Waals surface area (Å²) in [5.41, 5.74) is 2.20. The van der Waals surface area contributed by atoms with Crippen molar-refractivity contribution in [2.75, 3.05) is 5.75 Å². The predicted octanol–water partition coefficient (Wildman–Crippen LogP) is 3.36. The van der Waals surface area contributed by atoms with E-state index in [-0.39, 0.29) is 5.91 Å². The third kappa shape index (κ3) is 3.98. The zero-order valence-corrected chi connectivity index (χ0v) is 15.1. The predicted molar refractivity (Wildman–Crippen MR) is 96.4 cm³/mol. The van der Waals surface area contributed by atoms with Crippen LogP contribution in [0.25, 0.3) is 5.69 Å². The molecule has 2 aromatic rings. The fourth-order valence-corrected chi connectivity index (χ4v) is 3.96. The SMILES string of the molecule is Cc1ccccc1-n1cnnc1SCC(=O)N[C@H]1CCCC[C@H]1C. The summed E-state index contributed by atoms with van der Waals surface area (Å²) in [5.74, 6) is 1.02. The molecule has 1 aromatic carbocycles. The fraction of sp³-hybridized carbons (Fsp3) is 0.500. The average molecular weight is 344 g/mol. The highest BCUT2D eigenvalue weighted by atomic mass is 32.2. The number of nitrogens with zero attached hydrogens (tertiary/aromatic N) is 3. The molecule has 1 saturated carbocycles. The summed E-state index contributed by atoms with van der Waals surface area (Å²) in [6.07, 6.45) is 6.49. The molecule has 1 N–H and O–H groups in total. The first-order chi connectivity index (χ1) is 11.6. The molecule has 1 aliphatic carbocycles. The highest BCUT2D eigenvalue weighted by Gasteiger charge is 2.23. The molecule has 0 saturated heterocycles. The van der Waals surface area contributed by atoms with Gasteiger partial charge in [0.05, 0.1) is 11.4 Å². The number of amides is 1. The van der Waals surface area contributed by atoms with Crippen molar-refractivity contribution in [1.29, 1.82) is 0 Å². The normalized spacial score (nSPS) is 20.8. The zero-order chi connectivity index (χ0) is 16.9. The van der Waals surface area contributed by atoms with E-state index in [1.54, 1.807) is 6.33 Å². The molecule has 0 aliphatic heterocycles. The molecule has 24 heavy (non-hydrogen) atoms.